The highest BCUT2D eigenvalue weighted by Crippen LogP contribution is 2.49. The monoisotopic (exact) mass is 401 g/mol. The van der Waals surface area contributed by atoms with Crippen LogP contribution in [0.1, 0.15) is 38.7 Å². The number of rotatable bonds is 3. The SMILES string of the molecule is COC(=O)C1=C(C)C(C)(c2ccc(-c3ccccc3)cc2)C2=C(CCCC2=O)N1C. The zero-order chi connectivity index (χ0) is 21.5. The quantitative estimate of drug-likeness (QED) is 0.678. The molecule has 1 atom stereocenters. The van der Waals surface area contributed by atoms with E-state index < -0.39 is 5.41 Å². The first-order valence-corrected chi connectivity index (χ1v) is 10.4. The maximum absolute atomic E-state index is 13.1. The van der Waals surface area contributed by atoms with Gasteiger partial charge in [-0.1, -0.05) is 54.6 Å². The number of ether oxygens (including phenoxy) is 1. The molecule has 2 aliphatic rings. The van der Waals surface area contributed by atoms with E-state index >= 15 is 0 Å². The highest BCUT2D eigenvalue weighted by Gasteiger charge is 2.47. The molecule has 1 heterocycles. The van der Waals surface area contributed by atoms with Gasteiger partial charge in [-0.3, -0.25) is 4.79 Å². The number of allylic oxidation sites excluding steroid dienone is 3. The van der Waals surface area contributed by atoms with Crippen molar-refractivity contribution in [3.05, 3.63) is 82.7 Å². The smallest absolute Gasteiger partial charge is 0.354 e. The van der Waals surface area contributed by atoms with Gasteiger partial charge in [-0.2, -0.15) is 0 Å². The van der Waals surface area contributed by atoms with Crippen LogP contribution < -0.4 is 0 Å². The lowest BCUT2D eigenvalue weighted by molar-refractivity contribution is -0.138. The fourth-order valence-corrected chi connectivity index (χ4v) is 4.92. The van der Waals surface area contributed by atoms with E-state index in [1.54, 1.807) is 0 Å². The van der Waals surface area contributed by atoms with Gasteiger partial charge in [0.1, 0.15) is 5.70 Å². The first kappa shape index (κ1) is 20.1. The van der Waals surface area contributed by atoms with Crippen molar-refractivity contribution < 1.29 is 14.3 Å². The largest absolute Gasteiger partial charge is 0.464 e. The molecule has 1 aliphatic heterocycles. The lowest BCUT2D eigenvalue weighted by atomic mass is 9.64. The van der Waals surface area contributed by atoms with Gasteiger partial charge in [0, 0.05) is 30.2 Å². The minimum Gasteiger partial charge on any atom is -0.464 e. The Morgan fingerprint density at radius 2 is 1.63 bits per heavy atom. The Morgan fingerprint density at radius 3 is 2.27 bits per heavy atom. The summed E-state index contributed by atoms with van der Waals surface area (Å²) in [6.07, 6.45) is 2.13. The number of methoxy groups -OCH3 is 1. The number of ketones is 1. The molecular formula is C26H27NO3. The summed E-state index contributed by atoms with van der Waals surface area (Å²) < 4.78 is 5.10. The van der Waals surface area contributed by atoms with E-state index in [-0.39, 0.29) is 11.8 Å². The van der Waals surface area contributed by atoms with Gasteiger partial charge in [0.05, 0.1) is 7.11 Å². The summed E-state index contributed by atoms with van der Waals surface area (Å²) in [5, 5.41) is 0. The van der Waals surface area contributed by atoms with E-state index in [0.717, 1.165) is 46.4 Å². The number of benzene rings is 2. The molecule has 1 aliphatic carbocycles. The van der Waals surface area contributed by atoms with Crippen LogP contribution in [0, 0.1) is 0 Å². The summed E-state index contributed by atoms with van der Waals surface area (Å²) >= 11 is 0. The summed E-state index contributed by atoms with van der Waals surface area (Å²) in [6.45, 7) is 4.01. The van der Waals surface area contributed by atoms with Crippen molar-refractivity contribution >= 4 is 11.8 Å². The highest BCUT2D eigenvalue weighted by atomic mass is 16.5. The molecule has 0 amide bonds. The fraction of sp³-hybridized carbons (Fsp3) is 0.308. The molecule has 0 spiro atoms. The molecule has 4 heteroatoms. The maximum Gasteiger partial charge on any atom is 0.354 e. The molecule has 0 bridgehead atoms. The molecule has 0 saturated heterocycles. The third-order valence-electron chi connectivity index (χ3n) is 6.68. The van der Waals surface area contributed by atoms with Gasteiger partial charge in [-0.25, -0.2) is 4.79 Å². The topological polar surface area (TPSA) is 46.6 Å². The Bertz CT molecular complexity index is 1060. The van der Waals surface area contributed by atoms with Crippen LogP contribution in [0.5, 0.6) is 0 Å². The van der Waals surface area contributed by atoms with Crippen LogP contribution in [0.3, 0.4) is 0 Å². The average Bonchev–Trinajstić information content (AvgIpc) is 2.78. The number of carbonyl (C=O) groups excluding carboxylic acids is 2. The van der Waals surface area contributed by atoms with Gasteiger partial charge in [0.2, 0.25) is 0 Å². The third-order valence-corrected chi connectivity index (χ3v) is 6.68. The van der Waals surface area contributed by atoms with Crippen molar-refractivity contribution in [3.63, 3.8) is 0 Å². The van der Waals surface area contributed by atoms with Gasteiger partial charge in [0.25, 0.3) is 0 Å². The van der Waals surface area contributed by atoms with Crippen LogP contribution in [0.4, 0.5) is 0 Å². The van der Waals surface area contributed by atoms with Gasteiger partial charge in [-0.05, 0) is 49.0 Å². The summed E-state index contributed by atoms with van der Waals surface area (Å²) in [5.41, 5.74) is 5.73. The van der Waals surface area contributed by atoms with E-state index in [0.29, 0.717) is 12.1 Å². The van der Waals surface area contributed by atoms with Crippen molar-refractivity contribution in [3.8, 4) is 11.1 Å². The summed E-state index contributed by atoms with van der Waals surface area (Å²) in [4.78, 5) is 27.7. The van der Waals surface area contributed by atoms with Crippen LogP contribution >= 0.6 is 0 Å². The Kier molecular flexibility index (Phi) is 5.10. The second kappa shape index (κ2) is 7.60. The number of hydrogen-bond donors (Lipinski definition) is 0. The Labute approximate surface area is 177 Å². The Hall–Kier alpha value is -3.14. The van der Waals surface area contributed by atoms with E-state index in [1.807, 2.05) is 37.1 Å². The normalized spacial score (nSPS) is 21.6. The lowest BCUT2D eigenvalue weighted by Gasteiger charge is -2.45. The number of nitrogens with zero attached hydrogens (tertiary/aromatic N) is 1. The number of carbonyl (C=O) groups is 2. The zero-order valence-electron chi connectivity index (χ0n) is 18.0. The second-order valence-electron chi connectivity index (χ2n) is 8.19. The molecule has 4 rings (SSSR count). The number of likely N-dealkylation sites (N-methyl/N-ethyl adjacent to an activating group) is 1. The van der Waals surface area contributed by atoms with Crippen LogP contribution in [0.25, 0.3) is 11.1 Å². The highest BCUT2D eigenvalue weighted by molar-refractivity contribution is 6.02. The molecule has 0 radical (unpaired) electrons. The molecule has 4 nitrogen and oxygen atoms in total. The maximum atomic E-state index is 13.1. The van der Waals surface area contributed by atoms with Crippen LogP contribution in [-0.4, -0.2) is 30.8 Å². The van der Waals surface area contributed by atoms with Crippen molar-refractivity contribution in [2.75, 3.05) is 14.2 Å². The average molecular weight is 402 g/mol. The van der Waals surface area contributed by atoms with E-state index in [4.69, 9.17) is 4.74 Å². The van der Waals surface area contributed by atoms with E-state index in [2.05, 4.69) is 43.3 Å². The van der Waals surface area contributed by atoms with Crippen molar-refractivity contribution in [2.24, 2.45) is 0 Å². The summed E-state index contributed by atoms with van der Waals surface area (Å²) in [7, 11) is 3.26. The predicted octanol–water partition coefficient (Wildman–Crippen LogP) is 5.01. The van der Waals surface area contributed by atoms with E-state index in [9.17, 15) is 9.59 Å². The van der Waals surface area contributed by atoms with Gasteiger partial charge < -0.3 is 9.64 Å². The number of esters is 1. The molecule has 0 saturated carbocycles. The molecule has 0 fully saturated rings. The first-order chi connectivity index (χ1) is 14.4. The molecule has 1 unspecified atom stereocenters. The lowest BCUT2D eigenvalue weighted by Crippen LogP contribution is -2.44. The first-order valence-electron chi connectivity index (χ1n) is 10.4. The molecular weight excluding hydrogens is 374 g/mol. The number of hydrogen-bond acceptors (Lipinski definition) is 4. The number of Topliss-reactive ketones (excluding diaryl/α,β-unsaturated/α-hetero) is 1. The van der Waals surface area contributed by atoms with Crippen LogP contribution in [-0.2, 0) is 19.7 Å². The minimum absolute atomic E-state index is 0.168. The molecule has 2 aromatic carbocycles. The summed E-state index contributed by atoms with van der Waals surface area (Å²) in [6, 6.07) is 18.6. The predicted molar refractivity (Wildman–Crippen MR) is 118 cm³/mol. The zero-order valence-corrected chi connectivity index (χ0v) is 18.0. The molecule has 0 aromatic heterocycles. The standard InChI is InChI=1S/C26H27NO3/c1-17-24(25(29)30-4)27(3)21-11-8-12-22(28)23(21)26(17,2)20-15-13-19(14-16-20)18-9-6-5-7-10-18/h5-7,9-10,13-16H,8,11-12H2,1-4H3. The molecule has 154 valence electrons. The fourth-order valence-electron chi connectivity index (χ4n) is 4.92. The molecule has 2 aromatic rings. The molecule has 0 N–H and O–H groups in total. The van der Waals surface area contributed by atoms with Crippen LogP contribution in [0.15, 0.2) is 77.1 Å². The minimum atomic E-state index is -0.669. The Morgan fingerprint density at radius 1 is 1.00 bits per heavy atom. The van der Waals surface area contributed by atoms with Gasteiger partial charge in [-0.15, -0.1) is 0 Å². The van der Waals surface area contributed by atoms with Crippen LogP contribution in [0.2, 0.25) is 0 Å². The van der Waals surface area contributed by atoms with Crippen molar-refractivity contribution in [1.82, 2.24) is 4.90 Å². The summed E-state index contributed by atoms with van der Waals surface area (Å²) in [5.74, 6) is -0.201. The second-order valence-corrected chi connectivity index (χ2v) is 8.19. The van der Waals surface area contributed by atoms with Gasteiger partial charge in [0.15, 0.2) is 5.78 Å². The molecule has 30 heavy (non-hydrogen) atoms. The van der Waals surface area contributed by atoms with Gasteiger partial charge >= 0.3 is 5.97 Å². The van der Waals surface area contributed by atoms with E-state index in [1.165, 1.54) is 7.11 Å². The Balaban J connectivity index is 1.90. The van der Waals surface area contributed by atoms with Crippen molar-refractivity contribution in [1.29, 1.82) is 0 Å². The van der Waals surface area contributed by atoms with Crippen molar-refractivity contribution in [2.45, 2.75) is 38.5 Å². The third kappa shape index (κ3) is 2.98.